The average Bonchev–Trinajstić information content (AvgIpc) is 2.55. The summed E-state index contributed by atoms with van der Waals surface area (Å²) in [6, 6.07) is 4.80. The van der Waals surface area contributed by atoms with E-state index in [0.29, 0.717) is 5.82 Å². The van der Waals surface area contributed by atoms with E-state index in [-0.39, 0.29) is 17.8 Å². The first-order valence-electron chi connectivity index (χ1n) is 6.32. The van der Waals surface area contributed by atoms with Crippen molar-refractivity contribution < 1.29 is 15.0 Å². The number of carboxylic acids is 1. The van der Waals surface area contributed by atoms with E-state index in [1.807, 2.05) is 0 Å². The number of aliphatic hydroxyl groups excluding tert-OH is 1. The lowest BCUT2D eigenvalue weighted by atomic mass is 10.1. The van der Waals surface area contributed by atoms with E-state index in [0.717, 1.165) is 32.1 Å². The molecule has 1 aliphatic carbocycles. The number of pyridine rings is 1. The highest BCUT2D eigenvalue weighted by Gasteiger charge is 2.21. The van der Waals surface area contributed by atoms with Gasteiger partial charge in [0.05, 0.1) is 12.1 Å². The third-order valence-corrected chi connectivity index (χ3v) is 3.28. The molecule has 0 radical (unpaired) electrons. The average molecular weight is 250 g/mol. The van der Waals surface area contributed by atoms with Crippen molar-refractivity contribution >= 4 is 11.8 Å². The number of carboxylic acid groups (broad SMARTS) is 1. The lowest BCUT2D eigenvalue weighted by molar-refractivity contribution is 0.0690. The molecule has 0 amide bonds. The molecule has 1 aromatic heterocycles. The molecule has 0 aromatic carbocycles. The van der Waals surface area contributed by atoms with Gasteiger partial charge >= 0.3 is 5.97 Å². The predicted octanol–water partition coefficient (Wildman–Crippen LogP) is 1.89. The fourth-order valence-corrected chi connectivity index (χ4v) is 2.28. The molecule has 0 aliphatic heterocycles. The van der Waals surface area contributed by atoms with Crippen LogP contribution in [0.4, 0.5) is 5.82 Å². The molecule has 5 nitrogen and oxygen atoms in total. The second-order valence-corrected chi connectivity index (χ2v) is 4.67. The van der Waals surface area contributed by atoms with Crippen LogP contribution in [0.2, 0.25) is 0 Å². The monoisotopic (exact) mass is 250 g/mol. The summed E-state index contributed by atoms with van der Waals surface area (Å²) in [5.74, 6) is -0.527. The summed E-state index contributed by atoms with van der Waals surface area (Å²) in [7, 11) is 0. The van der Waals surface area contributed by atoms with E-state index in [9.17, 15) is 9.90 Å². The third-order valence-electron chi connectivity index (χ3n) is 3.28. The highest BCUT2D eigenvalue weighted by atomic mass is 16.4. The van der Waals surface area contributed by atoms with Crippen molar-refractivity contribution in [2.75, 3.05) is 5.32 Å². The van der Waals surface area contributed by atoms with Crippen LogP contribution >= 0.6 is 0 Å². The number of nitrogens with one attached hydrogen (secondary N) is 1. The van der Waals surface area contributed by atoms with Crippen molar-refractivity contribution in [1.82, 2.24) is 4.98 Å². The van der Waals surface area contributed by atoms with E-state index in [2.05, 4.69) is 10.3 Å². The molecule has 1 aromatic rings. The number of rotatable bonds is 3. The van der Waals surface area contributed by atoms with Gasteiger partial charge < -0.3 is 15.5 Å². The fraction of sp³-hybridized carbons (Fsp3) is 0.538. The lowest BCUT2D eigenvalue weighted by Crippen LogP contribution is -2.32. The predicted molar refractivity (Wildman–Crippen MR) is 67.7 cm³/mol. The standard InChI is InChI=1S/C13H18N2O3/c16-11-7-3-1-2-5-9(11)14-12-8-4-6-10(15-12)13(17)18/h4,6,8-9,11,16H,1-3,5,7H2,(H,14,15)(H,17,18). The molecule has 2 unspecified atom stereocenters. The number of aromatic nitrogens is 1. The summed E-state index contributed by atoms with van der Waals surface area (Å²) in [4.78, 5) is 14.8. The number of aromatic carboxylic acids is 1. The number of anilines is 1. The maximum absolute atomic E-state index is 10.8. The molecular formula is C13H18N2O3. The highest BCUT2D eigenvalue weighted by molar-refractivity contribution is 5.85. The van der Waals surface area contributed by atoms with Gasteiger partial charge in [-0.1, -0.05) is 25.3 Å². The van der Waals surface area contributed by atoms with Crippen LogP contribution in [-0.4, -0.2) is 33.3 Å². The van der Waals surface area contributed by atoms with Crippen molar-refractivity contribution in [2.45, 2.75) is 44.2 Å². The van der Waals surface area contributed by atoms with Gasteiger partial charge in [0.25, 0.3) is 0 Å². The maximum Gasteiger partial charge on any atom is 0.354 e. The largest absolute Gasteiger partial charge is 0.477 e. The Morgan fingerprint density at radius 1 is 1.28 bits per heavy atom. The minimum atomic E-state index is -1.04. The Bertz CT molecular complexity index is 422. The van der Waals surface area contributed by atoms with Crippen LogP contribution in [-0.2, 0) is 0 Å². The molecule has 0 bridgehead atoms. The van der Waals surface area contributed by atoms with E-state index in [4.69, 9.17) is 5.11 Å². The molecule has 1 aliphatic rings. The molecule has 18 heavy (non-hydrogen) atoms. The highest BCUT2D eigenvalue weighted by Crippen LogP contribution is 2.21. The first-order valence-corrected chi connectivity index (χ1v) is 6.32. The van der Waals surface area contributed by atoms with Crippen LogP contribution in [0, 0.1) is 0 Å². The van der Waals surface area contributed by atoms with E-state index in [1.54, 1.807) is 12.1 Å². The van der Waals surface area contributed by atoms with Gasteiger partial charge in [-0.05, 0) is 25.0 Å². The first kappa shape index (κ1) is 12.8. The molecule has 0 spiro atoms. The SMILES string of the molecule is O=C(O)c1cccc(NC2CCCCCC2O)n1. The molecule has 98 valence electrons. The molecule has 3 N–H and O–H groups in total. The van der Waals surface area contributed by atoms with Crippen molar-refractivity contribution in [3.63, 3.8) is 0 Å². The Kier molecular flexibility index (Phi) is 4.15. The topological polar surface area (TPSA) is 82.5 Å². The second kappa shape index (κ2) is 5.82. The van der Waals surface area contributed by atoms with Crippen LogP contribution in [0.1, 0.15) is 42.6 Å². The minimum absolute atomic E-state index is 0.0168. The van der Waals surface area contributed by atoms with Crippen LogP contribution in [0.5, 0.6) is 0 Å². The summed E-state index contributed by atoms with van der Waals surface area (Å²) in [5.41, 5.74) is 0.0168. The Morgan fingerprint density at radius 2 is 2.06 bits per heavy atom. The van der Waals surface area contributed by atoms with Crippen LogP contribution < -0.4 is 5.32 Å². The normalized spacial score (nSPS) is 24.3. The molecule has 2 atom stereocenters. The molecule has 1 heterocycles. The van der Waals surface area contributed by atoms with Gasteiger partial charge in [0.1, 0.15) is 5.82 Å². The molecule has 1 fully saturated rings. The van der Waals surface area contributed by atoms with Crippen molar-refractivity contribution in [1.29, 1.82) is 0 Å². The van der Waals surface area contributed by atoms with Gasteiger partial charge in [-0.2, -0.15) is 0 Å². The number of carbonyl (C=O) groups is 1. The molecule has 2 rings (SSSR count). The van der Waals surface area contributed by atoms with Crippen LogP contribution in [0.25, 0.3) is 0 Å². The van der Waals surface area contributed by atoms with Gasteiger partial charge in [-0.15, -0.1) is 0 Å². The summed E-state index contributed by atoms with van der Waals surface area (Å²) < 4.78 is 0. The zero-order chi connectivity index (χ0) is 13.0. The van der Waals surface area contributed by atoms with Gasteiger partial charge in [0.15, 0.2) is 5.69 Å². The Labute approximate surface area is 106 Å². The van der Waals surface area contributed by atoms with Crippen molar-refractivity contribution in [3.8, 4) is 0 Å². The Morgan fingerprint density at radius 3 is 2.83 bits per heavy atom. The van der Waals surface area contributed by atoms with E-state index in [1.165, 1.54) is 6.07 Å². The molecule has 0 saturated heterocycles. The number of hydrogen-bond donors (Lipinski definition) is 3. The number of aliphatic hydroxyl groups is 1. The Hall–Kier alpha value is -1.62. The Balaban J connectivity index is 2.07. The van der Waals surface area contributed by atoms with Gasteiger partial charge in [0, 0.05) is 0 Å². The second-order valence-electron chi connectivity index (χ2n) is 4.67. The number of hydrogen-bond acceptors (Lipinski definition) is 4. The van der Waals surface area contributed by atoms with Gasteiger partial charge in [0.2, 0.25) is 0 Å². The lowest BCUT2D eigenvalue weighted by Gasteiger charge is -2.22. The summed E-state index contributed by atoms with van der Waals surface area (Å²) in [6.45, 7) is 0. The van der Waals surface area contributed by atoms with Gasteiger partial charge in [-0.3, -0.25) is 0 Å². The smallest absolute Gasteiger partial charge is 0.354 e. The fourth-order valence-electron chi connectivity index (χ4n) is 2.28. The zero-order valence-electron chi connectivity index (χ0n) is 10.2. The van der Waals surface area contributed by atoms with Crippen LogP contribution in [0.15, 0.2) is 18.2 Å². The number of nitrogens with zero attached hydrogens (tertiary/aromatic N) is 1. The molecule has 1 saturated carbocycles. The van der Waals surface area contributed by atoms with Crippen molar-refractivity contribution in [3.05, 3.63) is 23.9 Å². The van der Waals surface area contributed by atoms with Crippen LogP contribution in [0.3, 0.4) is 0 Å². The minimum Gasteiger partial charge on any atom is -0.477 e. The van der Waals surface area contributed by atoms with Crippen molar-refractivity contribution in [2.24, 2.45) is 0 Å². The maximum atomic E-state index is 10.8. The van der Waals surface area contributed by atoms with E-state index >= 15 is 0 Å². The quantitative estimate of drug-likeness (QED) is 0.713. The summed E-state index contributed by atoms with van der Waals surface area (Å²) >= 11 is 0. The van der Waals surface area contributed by atoms with Gasteiger partial charge in [-0.25, -0.2) is 9.78 Å². The summed E-state index contributed by atoms with van der Waals surface area (Å²) in [5, 5.41) is 22.0. The van der Waals surface area contributed by atoms with E-state index < -0.39 is 5.97 Å². The molecule has 5 heteroatoms. The zero-order valence-corrected chi connectivity index (χ0v) is 10.2. The molecular weight excluding hydrogens is 232 g/mol. The third kappa shape index (κ3) is 3.20. The first-order chi connectivity index (χ1) is 8.66. The summed E-state index contributed by atoms with van der Waals surface area (Å²) in [6.07, 6.45) is 4.55.